The Balaban J connectivity index is 1.74. The van der Waals surface area contributed by atoms with Crippen LogP contribution in [-0.4, -0.2) is 43.8 Å². The summed E-state index contributed by atoms with van der Waals surface area (Å²) >= 11 is 0. The van der Waals surface area contributed by atoms with Crippen molar-refractivity contribution in [3.63, 3.8) is 0 Å². The van der Waals surface area contributed by atoms with E-state index in [-0.39, 0.29) is 35.5 Å². The summed E-state index contributed by atoms with van der Waals surface area (Å²) in [6.07, 6.45) is -0.796. The number of nitrogens with one attached hydrogen (secondary N) is 1. The Morgan fingerprint density at radius 1 is 0.929 bits per heavy atom. The first-order valence-electron chi connectivity index (χ1n) is 13.9. The van der Waals surface area contributed by atoms with Gasteiger partial charge < -0.3 is 10.2 Å². The van der Waals surface area contributed by atoms with Crippen molar-refractivity contribution in [3.05, 3.63) is 96.1 Å². The first-order chi connectivity index (χ1) is 20.0. The van der Waals surface area contributed by atoms with Gasteiger partial charge in [-0.05, 0) is 55.2 Å². The zero-order valence-electron chi connectivity index (χ0n) is 23.3. The van der Waals surface area contributed by atoms with Gasteiger partial charge in [0, 0.05) is 12.6 Å². The first kappa shape index (κ1) is 31.1. The Morgan fingerprint density at radius 3 is 2.14 bits per heavy atom. The number of hydrogen-bond acceptors (Lipinski definition) is 4. The molecule has 0 spiro atoms. The number of anilines is 1. The molecule has 42 heavy (non-hydrogen) atoms. The predicted octanol–water partition coefficient (Wildman–Crippen LogP) is 5.77. The van der Waals surface area contributed by atoms with Crippen LogP contribution in [0.1, 0.15) is 50.2 Å². The van der Waals surface area contributed by atoms with E-state index in [0.717, 1.165) is 43.4 Å². The van der Waals surface area contributed by atoms with Gasteiger partial charge in [-0.15, -0.1) is 0 Å². The number of carbonyl (C=O) groups excluding carboxylic acids is 2. The number of benzene rings is 3. The Labute approximate surface area is 244 Å². The fraction of sp³-hybridized carbons (Fsp3) is 0.355. The van der Waals surface area contributed by atoms with E-state index in [1.54, 1.807) is 37.3 Å². The summed E-state index contributed by atoms with van der Waals surface area (Å²) in [5.41, 5.74) is -0.649. The van der Waals surface area contributed by atoms with Crippen LogP contribution in [0.2, 0.25) is 0 Å². The molecule has 0 aliphatic heterocycles. The minimum absolute atomic E-state index is 0.000271. The zero-order valence-corrected chi connectivity index (χ0v) is 24.1. The lowest BCUT2D eigenvalue weighted by molar-refractivity contribution is -0.140. The number of amides is 2. The lowest BCUT2D eigenvalue weighted by Gasteiger charge is -2.34. The molecule has 1 aliphatic rings. The van der Waals surface area contributed by atoms with Crippen molar-refractivity contribution in [2.75, 3.05) is 10.8 Å². The van der Waals surface area contributed by atoms with E-state index in [2.05, 4.69) is 5.32 Å². The number of hydrogen-bond donors (Lipinski definition) is 1. The molecule has 3 aromatic carbocycles. The summed E-state index contributed by atoms with van der Waals surface area (Å²) in [5, 5.41) is 3.03. The molecule has 1 N–H and O–H groups in total. The third-order valence-electron chi connectivity index (χ3n) is 7.35. The highest BCUT2D eigenvalue weighted by Crippen LogP contribution is 2.33. The van der Waals surface area contributed by atoms with Crippen LogP contribution in [0.3, 0.4) is 0 Å². The van der Waals surface area contributed by atoms with Crippen LogP contribution in [-0.2, 0) is 32.3 Å². The largest absolute Gasteiger partial charge is 0.416 e. The fourth-order valence-corrected chi connectivity index (χ4v) is 6.58. The monoisotopic (exact) mass is 601 g/mol. The van der Waals surface area contributed by atoms with E-state index in [4.69, 9.17) is 0 Å². The van der Waals surface area contributed by atoms with E-state index < -0.39 is 40.3 Å². The van der Waals surface area contributed by atoms with Gasteiger partial charge in [0.05, 0.1) is 16.1 Å². The van der Waals surface area contributed by atoms with Crippen molar-refractivity contribution >= 4 is 27.5 Å². The molecule has 1 aliphatic carbocycles. The summed E-state index contributed by atoms with van der Waals surface area (Å²) in [5.74, 6) is -1.06. The standard InChI is InChI=1S/C31H34F3N3O4S/c1-2-28(30(39)35-25-15-9-10-16-25)36(21-23-12-5-3-6-13-23)29(38)22-37(42(40,41)27-18-7-4-8-19-27)26-17-11-14-24(20-26)31(32,33)34/h3-8,11-14,17-20,25,28H,2,9-10,15-16,21-22H2,1H3,(H,35,39)/t28-/m0/s1. The number of rotatable bonds is 11. The molecular weight excluding hydrogens is 567 g/mol. The second-order valence-electron chi connectivity index (χ2n) is 10.3. The Morgan fingerprint density at radius 2 is 1.55 bits per heavy atom. The lowest BCUT2D eigenvalue weighted by Crippen LogP contribution is -2.53. The van der Waals surface area contributed by atoms with Gasteiger partial charge in [0.25, 0.3) is 10.0 Å². The molecule has 2 amide bonds. The summed E-state index contributed by atoms with van der Waals surface area (Å²) < 4.78 is 69.1. The van der Waals surface area contributed by atoms with Crippen LogP contribution in [0.5, 0.6) is 0 Å². The summed E-state index contributed by atoms with van der Waals surface area (Å²) in [6, 6.07) is 19.1. The van der Waals surface area contributed by atoms with Crippen LogP contribution in [0.25, 0.3) is 0 Å². The maximum Gasteiger partial charge on any atom is 0.416 e. The molecule has 0 heterocycles. The van der Waals surface area contributed by atoms with Crippen LogP contribution in [0.4, 0.5) is 18.9 Å². The second kappa shape index (κ2) is 13.4. The Kier molecular flexibility index (Phi) is 9.93. The molecule has 1 atom stereocenters. The van der Waals surface area contributed by atoms with Crippen molar-refractivity contribution in [2.24, 2.45) is 0 Å². The van der Waals surface area contributed by atoms with Gasteiger partial charge in [0.2, 0.25) is 11.8 Å². The third kappa shape index (κ3) is 7.50. The zero-order chi connectivity index (χ0) is 30.3. The van der Waals surface area contributed by atoms with Gasteiger partial charge in [-0.2, -0.15) is 13.2 Å². The highest BCUT2D eigenvalue weighted by Gasteiger charge is 2.36. The topological polar surface area (TPSA) is 86.8 Å². The van der Waals surface area contributed by atoms with Crippen molar-refractivity contribution in [2.45, 2.75) is 68.7 Å². The molecule has 0 unspecified atom stereocenters. The number of carbonyl (C=O) groups is 2. The SMILES string of the molecule is CC[C@@H](C(=O)NC1CCCC1)N(Cc1ccccc1)C(=O)CN(c1cccc(C(F)(F)F)c1)S(=O)(=O)c1ccccc1. The average Bonchev–Trinajstić information content (AvgIpc) is 3.49. The van der Waals surface area contributed by atoms with E-state index in [9.17, 15) is 31.2 Å². The van der Waals surface area contributed by atoms with Gasteiger partial charge in [-0.1, -0.05) is 74.4 Å². The number of alkyl halides is 3. The van der Waals surface area contributed by atoms with E-state index in [1.165, 1.54) is 35.2 Å². The van der Waals surface area contributed by atoms with E-state index in [0.29, 0.717) is 10.4 Å². The number of halogens is 3. The minimum Gasteiger partial charge on any atom is -0.352 e. The molecule has 4 rings (SSSR count). The minimum atomic E-state index is -4.73. The molecule has 1 saturated carbocycles. The Bertz CT molecular complexity index is 1460. The van der Waals surface area contributed by atoms with Crippen molar-refractivity contribution < 1.29 is 31.2 Å². The molecule has 11 heteroatoms. The van der Waals surface area contributed by atoms with Gasteiger partial charge >= 0.3 is 6.18 Å². The highest BCUT2D eigenvalue weighted by atomic mass is 32.2. The maximum absolute atomic E-state index is 14.1. The Hall–Kier alpha value is -3.86. The molecule has 0 saturated heterocycles. The average molecular weight is 602 g/mol. The number of sulfonamides is 1. The van der Waals surface area contributed by atoms with Gasteiger partial charge in [-0.3, -0.25) is 13.9 Å². The molecule has 0 radical (unpaired) electrons. The smallest absolute Gasteiger partial charge is 0.352 e. The summed E-state index contributed by atoms with van der Waals surface area (Å²) in [7, 11) is -4.47. The molecule has 0 aromatic heterocycles. The summed E-state index contributed by atoms with van der Waals surface area (Å²) in [6.45, 7) is 0.964. The molecular formula is C31H34F3N3O4S. The van der Waals surface area contributed by atoms with Gasteiger partial charge in [0.1, 0.15) is 12.6 Å². The lowest BCUT2D eigenvalue weighted by atomic mass is 10.1. The third-order valence-corrected chi connectivity index (χ3v) is 9.14. The summed E-state index contributed by atoms with van der Waals surface area (Å²) in [4.78, 5) is 28.6. The number of nitrogens with zero attached hydrogens (tertiary/aromatic N) is 2. The second-order valence-corrected chi connectivity index (χ2v) is 12.2. The van der Waals surface area contributed by atoms with E-state index >= 15 is 0 Å². The quantitative estimate of drug-likeness (QED) is 0.303. The highest BCUT2D eigenvalue weighted by molar-refractivity contribution is 7.92. The van der Waals surface area contributed by atoms with Crippen LogP contribution in [0.15, 0.2) is 89.8 Å². The van der Waals surface area contributed by atoms with Gasteiger partial charge in [-0.25, -0.2) is 8.42 Å². The van der Waals surface area contributed by atoms with Crippen molar-refractivity contribution in [1.82, 2.24) is 10.2 Å². The van der Waals surface area contributed by atoms with Crippen LogP contribution < -0.4 is 9.62 Å². The maximum atomic E-state index is 14.1. The van der Waals surface area contributed by atoms with Crippen LogP contribution >= 0.6 is 0 Å². The molecule has 1 fully saturated rings. The van der Waals surface area contributed by atoms with Crippen molar-refractivity contribution in [1.29, 1.82) is 0 Å². The fourth-order valence-electron chi connectivity index (χ4n) is 5.15. The predicted molar refractivity (Wildman–Crippen MR) is 154 cm³/mol. The van der Waals surface area contributed by atoms with Crippen molar-refractivity contribution in [3.8, 4) is 0 Å². The van der Waals surface area contributed by atoms with Crippen LogP contribution in [0, 0.1) is 0 Å². The molecule has 7 nitrogen and oxygen atoms in total. The molecule has 3 aromatic rings. The molecule has 224 valence electrons. The first-order valence-corrected chi connectivity index (χ1v) is 15.3. The normalized spacial score (nSPS) is 14.8. The van der Waals surface area contributed by atoms with Gasteiger partial charge in [0.15, 0.2) is 0 Å². The van der Waals surface area contributed by atoms with E-state index in [1.807, 2.05) is 6.07 Å². The molecule has 0 bridgehead atoms.